The predicted molar refractivity (Wildman–Crippen MR) is 99.9 cm³/mol. The van der Waals surface area contributed by atoms with Crippen LogP contribution in [0.5, 0.6) is 5.75 Å². The van der Waals surface area contributed by atoms with Crippen molar-refractivity contribution in [1.29, 1.82) is 0 Å². The number of hydrogen-bond acceptors (Lipinski definition) is 7. The van der Waals surface area contributed by atoms with Gasteiger partial charge < -0.3 is 19.3 Å². The molecule has 0 spiro atoms. The lowest BCUT2D eigenvalue weighted by Gasteiger charge is -2.20. The van der Waals surface area contributed by atoms with Crippen LogP contribution in [0.25, 0.3) is 0 Å². The Labute approximate surface area is 162 Å². The van der Waals surface area contributed by atoms with E-state index in [2.05, 4.69) is 15.8 Å². The molecule has 0 saturated heterocycles. The van der Waals surface area contributed by atoms with Gasteiger partial charge in [-0.15, -0.1) is 0 Å². The molecule has 0 aliphatic rings. The van der Waals surface area contributed by atoms with Crippen molar-refractivity contribution < 1.29 is 28.4 Å². The Morgan fingerprint density at radius 3 is 2.39 bits per heavy atom. The second-order valence-corrected chi connectivity index (χ2v) is 6.41. The normalized spacial score (nSPS) is 11.6. The van der Waals surface area contributed by atoms with E-state index < -0.39 is 30.4 Å². The second-order valence-electron chi connectivity index (χ2n) is 6.41. The van der Waals surface area contributed by atoms with Crippen LogP contribution in [0.4, 0.5) is 5.88 Å². The molecule has 0 unspecified atom stereocenters. The molecule has 0 saturated carbocycles. The Morgan fingerprint density at radius 1 is 1.18 bits per heavy atom. The summed E-state index contributed by atoms with van der Waals surface area (Å²) in [5.41, 5.74) is 0.978. The van der Waals surface area contributed by atoms with Gasteiger partial charge in [0, 0.05) is 11.6 Å². The van der Waals surface area contributed by atoms with Gasteiger partial charge in [0.1, 0.15) is 11.8 Å². The number of nitrogens with zero attached hydrogens (tertiary/aromatic N) is 1. The van der Waals surface area contributed by atoms with Crippen LogP contribution in [0, 0.1) is 12.8 Å². The first-order chi connectivity index (χ1) is 13.3. The first-order valence-corrected chi connectivity index (χ1v) is 8.65. The molecule has 1 aromatic carbocycles. The van der Waals surface area contributed by atoms with E-state index in [-0.39, 0.29) is 11.8 Å². The molecule has 9 heteroatoms. The van der Waals surface area contributed by atoms with Crippen LogP contribution in [0.3, 0.4) is 0 Å². The van der Waals surface area contributed by atoms with Gasteiger partial charge in [0.05, 0.1) is 12.8 Å². The summed E-state index contributed by atoms with van der Waals surface area (Å²) < 4.78 is 14.9. The zero-order valence-corrected chi connectivity index (χ0v) is 16.1. The molecule has 0 aliphatic carbocycles. The summed E-state index contributed by atoms with van der Waals surface area (Å²) in [6, 6.07) is 7.09. The lowest BCUT2D eigenvalue weighted by Crippen LogP contribution is -2.45. The Hall–Kier alpha value is -3.36. The minimum Gasteiger partial charge on any atom is -0.497 e. The third kappa shape index (κ3) is 5.83. The maximum atomic E-state index is 12.4. The van der Waals surface area contributed by atoms with Crippen molar-refractivity contribution in [3.8, 4) is 5.75 Å². The number of carbonyl (C=O) groups is 3. The topological polar surface area (TPSA) is 120 Å². The highest BCUT2D eigenvalue weighted by atomic mass is 16.5. The molecule has 150 valence electrons. The van der Waals surface area contributed by atoms with Gasteiger partial charge >= 0.3 is 5.97 Å². The number of aromatic nitrogens is 1. The predicted octanol–water partition coefficient (Wildman–Crippen LogP) is 1.93. The lowest BCUT2D eigenvalue weighted by atomic mass is 10.0. The van der Waals surface area contributed by atoms with E-state index in [0.29, 0.717) is 17.0 Å². The van der Waals surface area contributed by atoms with Gasteiger partial charge in [0.25, 0.3) is 11.8 Å². The molecular formula is C19H23N3O6. The molecule has 2 amide bonds. The average Bonchev–Trinajstić information content (AvgIpc) is 3.08. The van der Waals surface area contributed by atoms with Crippen molar-refractivity contribution in [3.63, 3.8) is 0 Å². The molecule has 28 heavy (non-hydrogen) atoms. The molecule has 2 N–H and O–H groups in total. The highest BCUT2D eigenvalue weighted by Gasteiger charge is 2.27. The number of anilines is 1. The number of aryl methyl sites for hydroxylation is 1. The summed E-state index contributed by atoms with van der Waals surface area (Å²) in [5, 5.41) is 8.69. The molecule has 1 aromatic heterocycles. The van der Waals surface area contributed by atoms with E-state index in [1.807, 2.05) is 0 Å². The monoisotopic (exact) mass is 389 g/mol. The molecule has 0 bridgehead atoms. The molecule has 1 heterocycles. The molecule has 9 nitrogen and oxygen atoms in total. The van der Waals surface area contributed by atoms with Gasteiger partial charge in [-0.05, 0) is 37.1 Å². The van der Waals surface area contributed by atoms with Gasteiger partial charge in [-0.1, -0.05) is 19.0 Å². The fourth-order valence-electron chi connectivity index (χ4n) is 2.29. The van der Waals surface area contributed by atoms with Gasteiger partial charge in [-0.3, -0.25) is 14.9 Å². The van der Waals surface area contributed by atoms with Crippen molar-refractivity contribution in [2.24, 2.45) is 5.92 Å². The maximum absolute atomic E-state index is 12.4. The Bertz CT molecular complexity index is 828. The van der Waals surface area contributed by atoms with Crippen LogP contribution in [0.15, 0.2) is 34.9 Å². The third-order valence-electron chi connectivity index (χ3n) is 3.80. The van der Waals surface area contributed by atoms with Crippen molar-refractivity contribution >= 4 is 23.7 Å². The number of benzene rings is 1. The SMILES string of the molecule is COc1ccc(C(=O)N[C@H](C(=O)OCC(=O)Nc2cc(C)no2)C(C)C)cc1. The second kappa shape index (κ2) is 9.54. The van der Waals surface area contributed by atoms with E-state index in [1.54, 1.807) is 45.0 Å². The number of esters is 1. The summed E-state index contributed by atoms with van der Waals surface area (Å²) in [5.74, 6) is -1.18. The smallest absolute Gasteiger partial charge is 0.329 e. The number of amides is 2. The van der Waals surface area contributed by atoms with E-state index in [0.717, 1.165) is 0 Å². The van der Waals surface area contributed by atoms with Crippen LogP contribution < -0.4 is 15.4 Å². The number of nitrogens with one attached hydrogen (secondary N) is 2. The summed E-state index contributed by atoms with van der Waals surface area (Å²) >= 11 is 0. The number of rotatable bonds is 8. The molecule has 2 aromatic rings. The van der Waals surface area contributed by atoms with Crippen molar-refractivity contribution in [2.75, 3.05) is 19.0 Å². The molecule has 0 aliphatic heterocycles. The maximum Gasteiger partial charge on any atom is 0.329 e. The third-order valence-corrected chi connectivity index (χ3v) is 3.80. The van der Waals surface area contributed by atoms with Crippen LogP contribution in [-0.2, 0) is 14.3 Å². The number of methoxy groups -OCH3 is 1. The van der Waals surface area contributed by atoms with Crippen LogP contribution >= 0.6 is 0 Å². The fourth-order valence-corrected chi connectivity index (χ4v) is 2.29. The number of carbonyl (C=O) groups excluding carboxylic acids is 3. The van der Waals surface area contributed by atoms with Crippen molar-refractivity contribution in [1.82, 2.24) is 10.5 Å². The van der Waals surface area contributed by atoms with E-state index in [4.69, 9.17) is 14.0 Å². The lowest BCUT2D eigenvalue weighted by molar-refractivity contribution is -0.150. The molecular weight excluding hydrogens is 366 g/mol. The first kappa shape index (κ1) is 20.9. The first-order valence-electron chi connectivity index (χ1n) is 8.65. The van der Waals surface area contributed by atoms with Gasteiger partial charge in [0.2, 0.25) is 5.88 Å². The average molecular weight is 389 g/mol. The quantitative estimate of drug-likeness (QED) is 0.662. The highest BCUT2D eigenvalue weighted by Crippen LogP contribution is 2.13. The van der Waals surface area contributed by atoms with Crippen LogP contribution in [0.1, 0.15) is 29.9 Å². The zero-order chi connectivity index (χ0) is 20.7. The standard InChI is InChI=1S/C19H23N3O6/c1-11(2)17(21-18(24)13-5-7-14(26-4)8-6-13)19(25)27-10-15(23)20-16-9-12(3)22-28-16/h5-9,11,17H,10H2,1-4H3,(H,20,23)(H,21,24)/t17-/m0/s1. The zero-order valence-electron chi connectivity index (χ0n) is 16.1. The van der Waals surface area contributed by atoms with E-state index in [1.165, 1.54) is 13.2 Å². The molecule has 0 radical (unpaired) electrons. The number of ether oxygens (including phenoxy) is 2. The fraction of sp³-hybridized carbons (Fsp3) is 0.368. The Morgan fingerprint density at radius 2 is 1.86 bits per heavy atom. The van der Waals surface area contributed by atoms with Gasteiger partial charge in [0.15, 0.2) is 6.61 Å². The van der Waals surface area contributed by atoms with Crippen molar-refractivity contribution in [2.45, 2.75) is 26.8 Å². The molecule has 0 fully saturated rings. The highest BCUT2D eigenvalue weighted by molar-refractivity contribution is 5.97. The molecule has 1 atom stereocenters. The summed E-state index contributed by atoms with van der Waals surface area (Å²) in [4.78, 5) is 36.6. The van der Waals surface area contributed by atoms with Gasteiger partial charge in [-0.25, -0.2) is 4.79 Å². The van der Waals surface area contributed by atoms with Crippen LogP contribution in [-0.4, -0.2) is 42.7 Å². The number of hydrogen-bond donors (Lipinski definition) is 2. The molecule has 2 rings (SSSR count). The van der Waals surface area contributed by atoms with Gasteiger partial charge in [-0.2, -0.15) is 0 Å². The van der Waals surface area contributed by atoms with E-state index >= 15 is 0 Å². The summed E-state index contributed by atoms with van der Waals surface area (Å²) in [6.45, 7) is 4.72. The minimum absolute atomic E-state index is 0.159. The Balaban J connectivity index is 1.91. The Kier molecular flexibility index (Phi) is 7.14. The van der Waals surface area contributed by atoms with E-state index in [9.17, 15) is 14.4 Å². The largest absolute Gasteiger partial charge is 0.497 e. The summed E-state index contributed by atoms with van der Waals surface area (Å²) in [7, 11) is 1.53. The van der Waals surface area contributed by atoms with Crippen molar-refractivity contribution in [3.05, 3.63) is 41.6 Å². The van der Waals surface area contributed by atoms with Crippen LogP contribution in [0.2, 0.25) is 0 Å². The summed E-state index contributed by atoms with van der Waals surface area (Å²) in [6.07, 6.45) is 0. The minimum atomic E-state index is -0.907.